The predicted octanol–water partition coefficient (Wildman–Crippen LogP) is 3.92. The third-order valence-corrected chi connectivity index (χ3v) is 6.22. The summed E-state index contributed by atoms with van der Waals surface area (Å²) < 4.78 is 33.5. The maximum atomic E-state index is 12.7. The van der Waals surface area contributed by atoms with Crippen molar-refractivity contribution in [3.8, 4) is 5.75 Å². The molecular weight excluding hydrogens is 376 g/mol. The first kappa shape index (κ1) is 20.2. The molecule has 1 aliphatic rings. The van der Waals surface area contributed by atoms with Crippen molar-refractivity contribution in [3.63, 3.8) is 0 Å². The third kappa shape index (κ3) is 4.14. The van der Waals surface area contributed by atoms with Crippen LogP contribution >= 0.6 is 0 Å². The van der Waals surface area contributed by atoms with Crippen LogP contribution in [0.3, 0.4) is 0 Å². The van der Waals surface area contributed by atoms with Crippen LogP contribution in [0.5, 0.6) is 5.75 Å². The Kier molecular flexibility index (Phi) is 5.39. The highest BCUT2D eigenvalue weighted by Crippen LogP contribution is 2.34. The molecule has 0 bridgehead atoms. The summed E-state index contributed by atoms with van der Waals surface area (Å²) in [7, 11) is -2.23. The summed E-state index contributed by atoms with van der Waals surface area (Å²) in [6, 6.07) is 11.8. The molecule has 0 aromatic heterocycles. The molecule has 6 nitrogen and oxygen atoms in total. The third-order valence-electron chi connectivity index (χ3n) is 4.83. The van der Waals surface area contributed by atoms with Crippen LogP contribution < -0.4 is 14.4 Å². The Labute approximate surface area is 166 Å². The second-order valence-electron chi connectivity index (χ2n) is 7.92. The number of carbonyl (C=O) groups is 1. The zero-order valence-electron chi connectivity index (χ0n) is 16.7. The topological polar surface area (TPSA) is 75.7 Å². The van der Waals surface area contributed by atoms with Crippen LogP contribution in [0, 0.1) is 0 Å². The van der Waals surface area contributed by atoms with Gasteiger partial charge in [0.2, 0.25) is 5.91 Å². The van der Waals surface area contributed by atoms with Gasteiger partial charge in [0.15, 0.2) is 0 Å². The number of nitrogens with zero attached hydrogens (tertiary/aromatic N) is 1. The molecule has 0 saturated carbocycles. The minimum atomic E-state index is -3.73. The van der Waals surface area contributed by atoms with Crippen LogP contribution in [0.4, 0.5) is 11.4 Å². The number of carbonyl (C=O) groups excluding carboxylic acids is 1. The van der Waals surface area contributed by atoms with Crippen molar-refractivity contribution < 1.29 is 17.9 Å². The molecule has 0 spiro atoms. The van der Waals surface area contributed by atoms with E-state index >= 15 is 0 Å². The van der Waals surface area contributed by atoms with Gasteiger partial charge in [0.25, 0.3) is 10.0 Å². The number of amides is 1. The van der Waals surface area contributed by atoms with E-state index in [4.69, 9.17) is 4.74 Å². The first-order valence-electron chi connectivity index (χ1n) is 9.23. The largest absolute Gasteiger partial charge is 0.494 e. The lowest BCUT2D eigenvalue weighted by Crippen LogP contribution is -2.24. The number of nitrogens with one attached hydrogen (secondary N) is 1. The van der Waals surface area contributed by atoms with E-state index in [0.717, 1.165) is 12.0 Å². The van der Waals surface area contributed by atoms with Gasteiger partial charge in [0.1, 0.15) is 5.75 Å². The molecule has 1 amide bonds. The highest BCUT2D eigenvalue weighted by Gasteiger charge is 2.25. The van der Waals surface area contributed by atoms with Gasteiger partial charge in [-0.1, -0.05) is 32.9 Å². The summed E-state index contributed by atoms with van der Waals surface area (Å²) in [4.78, 5) is 13.9. The minimum absolute atomic E-state index is 0.0468. The van der Waals surface area contributed by atoms with Gasteiger partial charge in [-0.15, -0.1) is 0 Å². The van der Waals surface area contributed by atoms with Crippen molar-refractivity contribution in [2.45, 2.75) is 43.9 Å². The minimum Gasteiger partial charge on any atom is -0.494 e. The molecule has 1 fully saturated rings. The monoisotopic (exact) mass is 402 g/mol. The Morgan fingerprint density at radius 1 is 1.07 bits per heavy atom. The number of rotatable bonds is 5. The summed E-state index contributed by atoms with van der Waals surface area (Å²) in [6.07, 6.45) is 1.32. The van der Waals surface area contributed by atoms with Gasteiger partial charge >= 0.3 is 0 Å². The van der Waals surface area contributed by atoms with Crippen LogP contribution in [0.25, 0.3) is 0 Å². The number of sulfonamides is 1. The number of hydrogen-bond donors (Lipinski definition) is 1. The lowest BCUT2D eigenvalue weighted by molar-refractivity contribution is -0.117. The van der Waals surface area contributed by atoms with E-state index in [1.165, 1.54) is 7.11 Å². The lowest BCUT2D eigenvalue weighted by atomic mass is 9.87. The van der Waals surface area contributed by atoms with E-state index in [9.17, 15) is 13.2 Å². The molecule has 1 heterocycles. The smallest absolute Gasteiger partial charge is 0.261 e. The highest BCUT2D eigenvalue weighted by molar-refractivity contribution is 7.92. The SMILES string of the molecule is COc1cc(NS(=O)(=O)c2ccc(C(C)(C)C)cc2)ccc1N1CCCC1=O. The predicted molar refractivity (Wildman–Crippen MR) is 111 cm³/mol. The first-order valence-corrected chi connectivity index (χ1v) is 10.7. The normalized spacial score (nSPS) is 15.0. The Morgan fingerprint density at radius 2 is 1.75 bits per heavy atom. The second-order valence-corrected chi connectivity index (χ2v) is 9.60. The first-order chi connectivity index (χ1) is 13.1. The molecule has 3 rings (SSSR count). The number of hydrogen-bond acceptors (Lipinski definition) is 4. The zero-order chi connectivity index (χ0) is 20.5. The summed E-state index contributed by atoms with van der Waals surface area (Å²) in [5.41, 5.74) is 2.05. The van der Waals surface area contributed by atoms with Crippen LogP contribution in [0.1, 0.15) is 39.2 Å². The van der Waals surface area contributed by atoms with E-state index in [0.29, 0.717) is 30.1 Å². The van der Waals surface area contributed by atoms with Gasteiger partial charge in [-0.3, -0.25) is 9.52 Å². The molecule has 150 valence electrons. The van der Waals surface area contributed by atoms with Gasteiger partial charge in [0.05, 0.1) is 23.4 Å². The van der Waals surface area contributed by atoms with Crippen molar-refractivity contribution in [1.82, 2.24) is 0 Å². The maximum Gasteiger partial charge on any atom is 0.261 e. The summed E-state index contributed by atoms with van der Waals surface area (Å²) in [5, 5.41) is 0. The average Bonchev–Trinajstić information content (AvgIpc) is 3.06. The van der Waals surface area contributed by atoms with Gasteiger partial charge in [-0.05, 0) is 41.7 Å². The average molecular weight is 403 g/mol. The molecule has 0 unspecified atom stereocenters. The molecular formula is C21H26N2O4S. The number of benzene rings is 2. The quantitative estimate of drug-likeness (QED) is 0.822. The molecule has 0 atom stereocenters. The fraction of sp³-hybridized carbons (Fsp3) is 0.381. The number of methoxy groups -OCH3 is 1. The van der Waals surface area contributed by atoms with Gasteiger partial charge < -0.3 is 9.64 Å². The molecule has 1 aliphatic heterocycles. The zero-order valence-corrected chi connectivity index (χ0v) is 17.5. The Balaban J connectivity index is 1.85. The summed E-state index contributed by atoms with van der Waals surface area (Å²) >= 11 is 0. The highest BCUT2D eigenvalue weighted by atomic mass is 32.2. The molecule has 2 aromatic rings. The van der Waals surface area contributed by atoms with Crippen LogP contribution in [0.15, 0.2) is 47.4 Å². The Hall–Kier alpha value is -2.54. The van der Waals surface area contributed by atoms with E-state index in [2.05, 4.69) is 25.5 Å². The van der Waals surface area contributed by atoms with Crippen LogP contribution in [-0.2, 0) is 20.2 Å². The van der Waals surface area contributed by atoms with Crippen molar-refractivity contribution in [2.24, 2.45) is 0 Å². The molecule has 2 aromatic carbocycles. The van der Waals surface area contributed by atoms with Gasteiger partial charge in [-0.2, -0.15) is 0 Å². The second kappa shape index (κ2) is 7.47. The Morgan fingerprint density at radius 3 is 2.29 bits per heavy atom. The molecule has 7 heteroatoms. The van der Waals surface area contributed by atoms with E-state index < -0.39 is 10.0 Å². The van der Waals surface area contributed by atoms with E-state index in [-0.39, 0.29) is 16.2 Å². The number of anilines is 2. The van der Waals surface area contributed by atoms with Crippen molar-refractivity contribution in [1.29, 1.82) is 0 Å². The number of ether oxygens (including phenoxy) is 1. The van der Waals surface area contributed by atoms with E-state index in [1.807, 2.05) is 12.1 Å². The van der Waals surface area contributed by atoms with Crippen molar-refractivity contribution >= 4 is 27.3 Å². The van der Waals surface area contributed by atoms with E-state index in [1.54, 1.807) is 35.2 Å². The molecule has 1 saturated heterocycles. The molecule has 28 heavy (non-hydrogen) atoms. The molecule has 0 aliphatic carbocycles. The fourth-order valence-corrected chi connectivity index (χ4v) is 4.26. The van der Waals surface area contributed by atoms with Gasteiger partial charge in [0, 0.05) is 19.0 Å². The van der Waals surface area contributed by atoms with Gasteiger partial charge in [-0.25, -0.2) is 8.42 Å². The van der Waals surface area contributed by atoms with Crippen LogP contribution in [-0.4, -0.2) is 28.0 Å². The Bertz CT molecular complexity index is 976. The van der Waals surface area contributed by atoms with Crippen molar-refractivity contribution in [2.75, 3.05) is 23.3 Å². The molecule has 0 radical (unpaired) electrons. The standard InChI is InChI=1S/C21H26N2O4S/c1-21(2,3)15-7-10-17(11-8-15)28(25,26)22-16-9-12-18(19(14-16)27-4)23-13-5-6-20(23)24/h7-12,14,22H,5-6,13H2,1-4H3. The summed E-state index contributed by atoms with van der Waals surface area (Å²) in [5.74, 6) is 0.504. The van der Waals surface area contributed by atoms with Crippen LogP contribution in [0.2, 0.25) is 0 Å². The maximum absolute atomic E-state index is 12.7. The lowest BCUT2D eigenvalue weighted by Gasteiger charge is -2.20. The summed E-state index contributed by atoms with van der Waals surface area (Å²) in [6.45, 7) is 6.87. The fourth-order valence-electron chi connectivity index (χ4n) is 3.22. The van der Waals surface area contributed by atoms with Crippen molar-refractivity contribution in [3.05, 3.63) is 48.0 Å². The molecule has 1 N–H and O–H groups in total.